The number of nitrogens with one attached hydrogen (secondary N) is 1. The Morgan fingerprint density at radius 3 is 3.08 bits per heavy atom. The number of rotatable bonds is 1. The number of hydrogen-bond acceptors (Lipinski definition) is 4. The molecule has 0 atom stereocenters. The standard InChI is InChI=1S/C6H3FN4O2/c7-5-4-3(1-2-8-5)6(10-9-4)11(12)13/h1-2H,(H,9,10). The van der Waals surface area contributed by atoms with Gasteiger partial charge >= 0.3 is 5.82 Å². The fraction of sp³-hybridized carbons (Fsp3) is 0. The molecule has 13 heavy (non-hydrogen) atoms. The molecule has 0 saturated heterocycles. The minimum atomic E-state index is -0.818. The summed E-state index contributed by atoms with van der Waals surface area (Å²) in [5.74, 6) is -1.14. The van der Waals surface area contributed by atoms with E-state index in [0.29, 0.717) is 0 Å². The van der Waals surface area contributed by atoms with E-state index in [1.807, 2.05) is 0 Å². The third-order valence-corrected chi connectivity index (χ3v) is 1.59. The average Bonchev–Trinajstić information content (AvgIpc) is 2.48. The summed E-state index contributed by atoms with van der Waals surface area (Å²) in [6.45, 7) is 0. The van der Waals surface area contributed by atoms with E-state index in [1.165, 1.54) is 6.07 Å². The zero-order chi connectivity index (χ0) is 9.42. The molecule has 1 N–H and O–H groups in total. The van der Waals surface area contributed by atoms with Crippen molar-refractivity contribution in [2.75, 3.05) is 0 Å². The lowest BCUT2D eigenvalue weighted by atomic mass is 10.3. The van der Waals surface area contributed by atoms with Crippen LogP contribution in [0.4, 0.5) is 10.2 Å². The first-order valence-corrected chi connectivity index (χ1v) is 3.33. The highest BCUT2D eigenvalue weighted by atomic mass is 19.1. The number of pyridine rings is 1. The molecule has 0 radical (unpaired) electrons. The van der Waals surface area contributed by atoms with Gasteiger partial charge in [0.2, 0.25) is 5.95 Å². The van der Waals surface area contributed by atoms with Crippen molar-refractivity contribution in [2.24, 2.45) is 0 Å². The van der Waals surface area contributed by atoms with Crippen LogP contribution in [0, 0.1) is 16.1 Å². The number of halogens is 1. The van der Waals surface area contributed by atoms with E-state index in [1.54, 1.807) is 0 Å². The van der Waals surface area contributed by atoms with Gasteiger partial charge in [0.1, 0.15) is 5.39 Å². The maximum atomic E-state index is 12.8. The molecule has 0 aliphatic heterocycles. The van der Waals surface area contributed by atoms with Crippen LogP contribution in [0.3, 0.4) is 0 Å². The molecule has 0 aromatic carbocycles. The predicted molar refractivity (Wildman–Crippen MR) is 40.5 cm³/mol. The molecule has 0 aliphatic carbocycles. The highest BCUT2D eigenvalue weighted by molar-refractivity contribution is 5.85. The quantitative estimate of drug-likeness (QED) is 0.405. The van der Waals surface area contributed by atoms with Gasteiger partial charge in [0.15, 0.2) is 5.52 Å². The summed E-state index contributed by atoms with van der Waals surface area (Å²) in [6.07, 6.45) is 1.15. The summed E-state index contributed by atoms with van der Waals surface area (Å²) in [7, 11) is 0. The third-order valence-electron chi connectivity index (χ3n) is 1.59. The molecule has 7 heteroatoms. The molecule has 2 rings (SSSR count). The Morgan fingerprint density at radius 2 is 2.38 bits per heavy atom. The van der Waals surface area contributed by atoms with Gasteiger partial charge in [0, 0.05) is 6.20 Å². The molecule has 0 amide bonds. The van der Waals surface area contributed by atoms with E-state index in [2.05, 4.69) is 15.2 Å². The molecule has 2 aromatic rings. The number of hydrogen-bond donors (Lipinski definition) is 1. The van der Waals surface area contributed by atoms with Gasteiger partial charge in [-0.25, -0.2) is 4.98 Å². The molecule has 0 unspecified atom stereocenters. The van der Waals surface area contributed by atoms with Crippen molar-refractivity contribution in [2.45, 2.75) is 0 Å². The van der Waals surface area contributed by atoms with E-state index in [4.69, 9.17) is 0 Å². The molecular weight excluding hydrogens is 179 g/mol. The minimum Gasteiger partial charge on any atom is -0.358 e. The first kappa shape index (κ1) is 7.59. The topological polar surface area (TPSA) is 84.7 Å². The second kappa shape index (κ2) is 2.47. The van der Waals surface area contributed by atoms with Crippen molar-refractivity contribution in [1.29, 1.82) is 0 Å². The van der Waals surface area contributed by atoms with Gasteiger partial charge in [-0.05, 0) is 11.0 Å². The van der Waals surface area contributed by atoms with Crippen molar-refractivity contribution >= 4 is 16.7 Å². The van der Waals surface area contributed by atoms with Crippen molar-refractivity contribution < 1.29 is 9.31 Å². The van der Waals surface area contributed by atoms with Crippen molar-refractivity contribution in [3.63, 3.8) is 0 Å². The summed E-state index contributed by atoms with van der Waals surface area (Å²) < 4.78 is 12.8. The largest absolute Gasteiger partial charge is 0.358 e. The second-order valence-corrected chi connectivity index (χ2v) is 2.33. The van der Waals surface area contributed by atoms with Crippen LogP contribution in [0.15, 0.2) is 12.3 Å². The lowest BCUT2D eigenvalue weighted by Crippen LogP contribution is -1.88. The Hall–Kier alpha value is -2.05. The van der Waals surface area contributed by atoms with E-state index in [0.717, 1.165) is 6.20 Å². The molecule has 2 aromatic heterocycles. The third kappa shape index (κ3) is 1.01. The Bertz CT molecular complexity index is 480. The van der Waals surface area contributed by atoms with Crippen LogP contribution >= 0.6 is 0 Å². The Labute approximate surface area is 70.5 Å². The molecule has 6 nitrogen and oxygen atoms in total. The predicted octanol–water partition coefficient (Wildman–Crippen LogP) is 1.01. The Kier molecular flexibility index (Phi) is 1.44. The van der Waals surface area contributed by atoms with Crippen LogP contribution in [0.25, 0.3) is 10.9 Å². The molecule has 0 bridgehead atoms. The summed E-state index contributed by atoms with van der Waals surface area (Å²) in [5, 5.41) is 16.1. The van der Waals surface area contributed by atoms with E-state index in [9.17, 15) is 14.5 Å². The summed E-state index contributed by atoms with van der Waals surface area (Å²) in [5.41, 5.74) is -0.116. The van der Waals surface area contributed by atoms with Crippen LogP contribution in [0.2, 0.25) is 0 Å². The average molecular weight is 182 g/mol. The maximum Gasteiger partial charge on any atom is 0.350 e. The van der Waals surface area contributed by atoms with Gasteiger partial charge < -0.3 is 10.1 Å². The van der Waals surface area contributed by atoms with Gasteiger partial charge in [-0.1, -0.05) is 5.10 Å². The lowest BCUT2D eigenvalue weighted by molar-refractivity contribution is -0.387. The fourth-order valence-corrected chi connectivity index (χ4v) is 1.03. The molecule has 66 valence electrons. The molecular formula is C6H3FN4O2. The zero-order valence-corrected chi connectivity index (χ0v) is 6.19. The molecule has 0 saturated carbocycles. The monoisotopic (exact) mass is 182 g/mol. The highest BCUT2D eigenvalue weighted by Crippen LogP contribution is 2.22. The summed E-state index contributed by atoms with van der Waals surface area (Å²) in [6, 6.07) is 1.33. The Balaban J connectivity index is 2.83. The smallest absolute Gasteiger partial charge is 0.350 e. The molecule has 0 spiro atoms. The zero-order valence-electron chi connectivity index (χ0n) is 6.19. The molecule has 2 heterocycles. The van der Waals surface area contributed by atoms with Crippen LogP contribution in [0.5, 0.6) is 0 Å². The van der Waals surface area contributed by atoms with E-state index in [-0.39, 0.29) is 16.7 Å². The van der Waals surface area contributed by atoms with Gasteiger partial charge in [-0.2, -0.15) is 4.39 Å². The lowest BCUT2D eigenvalue weighted by Gasteiger charge is -1.89. The second-order valence-electron chi connectivity index (χ2n) is 2.33. The first-order valence-electron chi connectivity index (χ1n) is 3.33. The SMILES string of the molecule is O=[N+]([O-])c1[nH]nc2c(F)nccc12. The normalized spacial score (nSPS) is 10.5. The van der Waals surface area contributed by atoms with Crippen LogP contribution in [-0.2, 0) is 0 Å². The molecule has 0 aliphatic rings. The number of nitrogens with zero attached hydrogens (tertiary/aromatic N) is 3. The summed E-state index contributed by atoms with van der Waals surface area (Å²) in [4.78, 5) is 13.0. The number of H-pyrrole nitrogens is 1. The van der Waals surface area contributed by atoms with Gasteiger partial charge in [0.05, 0.1) is 0 Å². The van der Waals surface area contributed by atoms with Crippen LogP contribution < -0.4 is 0 Å². The summed E-state index contributed by atoms with van der Waals surface area (Å²) >= 11 is 0. The number of aromatic nitrogens is 3. The highest BCUT2D eigenvalue weighted by Gasteiger charge is 2.17. The number of aromatic amines is 1. The van der Waals surface area contributed by atoms with Crippen molar-refractivity contribution in [3.05, 3.63) is 28.3 Å². The fourth-order valence-electron chi connectivity index (χ4n) is 1.03. The van der Waals surface area contributed by atoms with Gasteiger partial charge in [-0.3, -0.25) is 0 Å². The Morgan fingerprint density at radius 1 is 1.62 bits per heavy atom. The van der Waals surface area contributed by atoms with E-state index < -0.39 is 10.9 Å². The molecule has 0 fully saturated rings. The van der Waals surface area contributed by atoms with Gasteiger partial charge in [0.25, 0.3) is 0 Å². The minimum absolute atomic E-state index is 0.116. The first-order chi connectivity index (χ1) is 6.20. The van der Waals surface area contributed by atoms with Crippen molar-refractivity contribution in [3.8, 4) is 0 Å². The van der Waals surface area contributed by atoms with Crippen LogP contribution in [-0.4, -0.2) is 20.1 Å². The maximum absolute atomic E-state index is 12.8. The van der Waals surface area contributed by atoms with E-state index >= 15 is 0 Å². The van der Waals surface area contributed by atoms with Crippen molar-refractivity contribution in [1.82, 2.24) is 15.2 Å². The van der Waals surface area contributed by atoms with Gasteiger partial charge in [-0.15, -0.1) is 5.10 Å². The number of fused-ring (bicyclic) bond motifs is 1. The number of nitro groups is 1. The van der Waals surface area contributed by atoms with Crippen LogP contribution in [0.1, 0.15) is 0 Å².